The third-order valence-electron chi connectivity index (χ3n) is 11.6. The number of hydrogen-bond acceptors (Lipinski definition) is 10. The van der Waals surface area contributed by atoms with Gasteiger partial charge in [-0.3, -0.25) is 23.9 Å². The number of hydrogen-bond donors (Lipinski definition) is 3. The second kappa shape index (κ2) is 16.5. The number of piperazine rings is 1. The molecule has 2 aromatic rings. The number of halogens is 2. The molecule has 0 bridgehead atoms. The van der Waals surface area contributed by atoms with Crippen molar-refractivity contribution >= 4 is 61.9 Å². The number of amides is 4. The van der Waals surface area contributed by atoms with Crippen molar-refractivity contribution in [3.05, 3.63) is 56.5 Å². The average molecular weight is 850 g/mol. The number of rotatable bonds is 10. The molecule has 52 heavy (non-hydrogen) atoms. The highest BCUT2D eigenvalue weighted by molar-refractivity contribution is 9.11. The SMILES string of the molecule is CONC(=O)CN1CCC(N2CCN(C3(CC=O)CC(N4CCc5ccccc5NC4=O)CC[N@+]3(Cc3cc(Br)c(O)c(Br)c3)C(=O)[O-])CC2)CC1. The molecule has 2 aromatic carbocycles. The number of para-hydroxylation sites is 1. The van der Waals surface area contributed by atoms with Gasteiger partial charge < -0.3 is 30.0 Å². The Balaban J connectivity index is 1.28. The number of carboxylic acid groups (broad SMARTS) is 1. The quantitative estimate of drug-likeness (QED) is 0.185. The minimum absolute atomic E-state index is 0.00924. The maximum absolute atomic E-state index is 13.8. The van der Waals surface area contributed by atoms with Crippen molar-refractivity contribution in [3.8, 4) is 5.75 Å². The van der Waals surface area contributed by atoms with Gasteiger partial charge in [0.05, 0.1) is 35.6 Å². The van der Waals surface area contributed by atoms with Crippen molar-refractivity contribution in [3.63, 3.8) is 0 Å². The second-order valence-electron chi connectivity index (χ2n) is 14.3. The lowest BCUT2D eigenvalue weighted by atomic mass is 9.82. The molecule has 3 N–H and O–H groups in total. The number of urea groups is 1. The minimum Gasteiger partial charge on any atom is -0.506 e. The Kier molecular flexibility index (Phi) is 12.2. The Morgan fingerprint density at radius 3 is 2.40 bits per heavy atom. The highest BCUT2D eigenvalue weighted by Crippen LogP contribution is 2.46. The number of phenols is 1. The molecule has 4 amide bonds. The number of piperidine rings is 2. The van der Waals surface area contributed by atoms with Crippen molar-refractivity contribution in [2.75, 3.05) is 71.3 Å². The van der Waals surface area contributed by atoms with Gasteiger partial charge in [0, 0.05) is 82.0 Å². The third kappa shape index (κ3) is 7.74. The van der Waals surface area contributed by atoms with Crippen LogP contribution in [0.1, 0.15) is 43.2 Å². The molecular weight excluding hydrogens is 802 g/mol. The van der Waals surface area contributed by atoms with E-state index < -0.39 is 16.2 Å². The van der Waals surface area contributed by atoms with Crippen molar-refractivity contribution in [2.45, 2.75) is 62.8 Å². The van der Waals surface area contributed by atoms with Crippen LogP contribution in [-0.2, 0) is 27.4 Å². The predicted octanol–water partition coefficient (Wildman–Crippen LogP) is 2.87. The van der Waals surface area contributed by atoms with Gasteiger partial charge in [-0.25, -0.2) is 15.2 Å². The zero-order chi connectivity index (χ0) is 37.0. The standard InChI is InChI=1S/C36H47Br2N7O7/c1-52-40-32(47)23-41-11-7-27(8-12-41)42-14-16-43(17-15-42)36(10-19-46)22-28(44-13-6-26-4-2-3-5-31(26)39-34(44)49)9-18-45(36,35(50)51)24-25-20-29(37)33(48)30(38)21-25/h2-5,19-21,27-28H,6-18,22-24H2,1H3,(H3-,39,40,47,48,49,50,51)/t28?,36?,45-/m0/s1. The lowest BCUT2D eigenvalue weighted by molar-refractivity contribution is -0.956. The highest BCUT2D eigenvalue weighted by Gasteiger charge is 2.61. The normalized spacial score (nSPS) is 26.6. The maximum Gasteiger partial charge on any atom is 0.322 e. The topological polar surface area (TPSA) is 158 Å². The maximum atomic E-state index is 13.8. The molecule has 3 fully saturated rings. The fourth-order valence-corrected chi connectivity index (χ4v) is 10.3. The van der Waals surface area contributed by atoms with Crippen LogP contribution in [0.5, 0.6) is 5.75 Å². The molecule has 14 nitrogen and oxygen atoms in total. The molecule has 282 valence electrons. The van der Waals surface area contributed by atoms with E-state index in [0.29, 0.717) is 66.1 Å². The van der Waals surface area contributed by atoms with Gasteiger partial charge in [-0.1, -0.05) is 18.2 Å². The van der Waals surface area contributed by atoms with Gasteiger partial charge in [-0.15, -0.1) is 0 Å². The summed E-state index contributed by atoms with van der Waals surface area (Å²) >= 11 is 6.81. The first-order valence-electron chi connectivity index (χ1n) is 17.9. The number of carbonyl (C=O) groups excluding carboxylic acids is 4. The van der Waals surface area contributed by atoms with Crippen molar-refractivity contribution in [1.29, 1.82) is 0 Å². The van der Waals surface area contributed by atoms with Crippen LogP contribution in [-0.4, -0.2) is 137 Å². The summed E-state index contributed by atoms with van der Waals surface area (Å²) in [7, 11) is 1.42. The van der Waals surface area contributed by atoms with Crippen LogP contribution in [0, 0.1) is 0 Å². The second-order valence-corrected chi connectivity index (χ2v) is 16.0. The van der Waals surface area contributed by atoms with Crippen LogP contribution >= 0.6 is 31.9 Å². The van der Waals surface area contributed by atoms with Gasteiger partial charge >= 0.3 is 6.03 Å². The van der Waals surface area contributed by atoms with E-state index in [9.17, 15) is 29.4 Å². The molecular formula is C36H47Br2N7O7. The van der Waals surface area contributed by atoms with E-state index in [1.165, 1.54) is 7.11 Å². The lowest BCUT2D eigenvalue weighted by Crippen LogP contribution is -2.81. The molecule has 0 radical (unpaired) electrons. The molecule has 0 aromatic heterocycles. The first-order valence-corrected chi connectivity index (χ1v) is 19.5. The number of nitrogens with one attached hydrogen (secondary N) is 2. The summed E-state index contributed by atoms with van der Waals surface area (Å²) in [5, 5.41) is 27.3. The van der Waals surface area contributed by atoms with Crippen LogP contribution in [0.2, 0.25) is 0 Å². The van der Waals surface area contributed by atoms with Gasteiger partial charge in [-0.05, 0) is 74.9 Å². The van der Waals surface area contributed by atoms with Crippen molar-refractivity contribution in [2.24, 2.45) is 0 Å². The molecule has 4 heterocycles. The van der Waals surface area contributed by atoms with Crippen LogP contribution < -0.4 is 15.9 Å². The Morgan fingerprint density at radius 1 is 1.06 bits per heavy atom. The van der Waals surface area contributed by atoms with Crippen LogP contribution in [0.15, 0.2) is 45.3 Å². The number of nitrogens with zero attached hydrogens (tertiary/aromatic N) is 5. The molecule has 6 rings (SSSR count). The monoisotopic (exact) mass is 847 g/mol. The molecule has 3 atom stereocenters. The summed E-state index contributed by atoms with van der Waals surface area (Å²) in [4.78, 5) is 65.7. The zero-order valence-corrected chi connectivity index (χ0v) is 32.6. The van der Waals surface area contributed by atoms with E-state index in [2.05, 4.69) is 57.4 Å². The smallest absolute Gasteiger partial charge is 0.322 e. The van der Waals surface area contributed by atoms with E-state index in [0.717, 1.165) is 43.5 Å². The van der Waals surface area contributed by atoms with Crippen LogP contribution in [0.4, 0.5) is 15.3 Å². The Bertz CT molecular complexity index is 1630. The van der Waals surface area contributed by atoms with E-state index in [1.54, 1.807) is 12.1 Å². The number of anilines is 1. The minimum atomic E-state index is -1.28. The lowest BCUT2D eigenvalue weighted by Gasteiger charge is -2.62. The molecule has 4 aliphatic rings. The average Bonchev–Trinajstić information content (AvgIpc) is 3.30. The summed E-state index contributed by atoms with van der Waals surface area (Å²) in [5.74, 6) is -0.167. The van der Waals surface area contributed by atoms with Crippen molar-refractivity contribution < 1.29 is 38.7 Å². The van der Waals surface area contributed by atoms with Crippen LogP contribution in [0.3, 0.4) is 0 Å². The first kappa shape index (κ1) is 38.6. The highest BCUT2D eigenvalue weighted by atomic mass is 79.9. The molecule has 0 spiro atoms. The summed E-state index contributed by atoms with van der Waals surface area (Å²) in [6.07, 6.45) is 2.61. The Labute approximate surface area is 320 Å². The number of fused-ring (bicyclic) bond motifs is 1. The van der Waals surface area contributed by atoms with Crippen molar-refractivity contribution in [1.82, 2.24) is 25.1 Å². The number of hydroxylamine groups is 1. The first-order chi connectivity index (χ1) is 25.0. The van der Waals surface area contributed by atoms with E-state index in [1.807, 2.05) is 29.2 Å². The van der Waals surface area contributed by atoms with Crippen LogP contribution in [0.25, 0.3) is 0 Å². The Hall–Kier alpha value is -3.12. The number of likely N-dealkylation sites (tertiary alicyclic amines) is 2. The van der Waals surface area contributed by atoms with Gasteiger partial charge in [0.25, 0.3) is 12.0 Å². The van der Waals surface area contributed by atoms with E-state index >= 15 is 0 Å². The van der Waals surface area contributed by atoms with Gasteiger partial charge in [0.15, 0.2) is 5.66 Å². The number of carbonyl (C=O) groups is 4. The molecule has 3 saturated heterocycles. The number of quaternary nitrogens is 1. The molecule has 2 unspecified atom stereocenters. The molecule has 16 heteroatoms. The van der Waals surface area contributed by atoms with E-state index in [4.69, 9.17) is 4.84 Å². The van der Waals surface area contributed by atoms with Gasteiger partial charge in [-0.2, -0.15) is 0 Å². The number of benzene rings is 2. The predicted molar refractivity (Wildman–Crippen MR) is 198 cm³/mol. The van der Waals surface area contributed by atoms with E-state index in [-0.39, 0.29) is 56.2 Å². The van der Waals surface area contributed by atoms with Gasteiger partial charge in [0.2, 0.25) is 0 Å². The summed E-state index contributed by atoms with van der Waals surface area (Å²) in [6.45, 7) is 4.90. The third-order valence-corrected chi connectivity index (χ3v) is 12.8. The molecule has 0 aliphatic carbocycles. The zero-order valence-electron chi connectivity index (χ0n) is 29.4. The number of phenolic OH excluding ortho intramolecular Hbond substituents is 1. The Morgan fingerprint density at radius 2 is 1.75 bits per heavy atom. The molecule has 4 aliphatic heterocycles. The van der Waals surface area contributed by atoms with Gasteiger partial charge in [0.1, 0.15) is 18.6 Å². The summed E-state index contributed by atoms with van der Waals surface area (Å²) < 4.78 is 0.330. The summed E-state index contributed by atoms with van der Waals surface area (Å²) in [5.41, 5.74) is 3.63. The largest absolute Gasteiger partial charge is 0.506 e. The number of aromatic hydroxyl groups is 1. The number of aldehydes is 1. The fourth-order valence-electron chi connectivity index (χ4n) is 9.02. The fraction of sp³-hybridized carbons (Fsp3) is 0.556. The summed E-state index contributed by atoms with van der Waals surface area (Å²) in [6, 6.07) is 10.9. The molecule has 0 saturated carbocycles.